The van der Waals surface area contributed by atoms with E-state index in [2.05, 4.69) is 20.8 Å². The number of aryl methyl sites for hydroxylation is 1. The fourth-order valence-electron chi connectivity index (χ4n) is 1.58. The molecule has 114 valence electrons. The summed E-state index contributed by atoms with van der Waals surface area (Å²) in [5, 5.41) is 13.5. The Labute approximate surface area is 127 Å². The van der Waals surface area contributed by atoms with Crippen LogP contribution in [0.25, 0.3) is 5.69 Å². The smallest absolute Gasteiger partial charge is 0.228 e. The van der Waals surface area contributed by atoms with Crippen LogP contribution < -0.4 is 11.1 Å². The highest BCUT2D eigenvalue weighted by Gasteiger charge is 2.14. The predicted molar refractivity (Wildman–Crippen MR) is 77.9 cm³/mol. The highest BCUT2D eigenvalue weighted by atomic mass is 35.5. The van der Waals surface area contributed by atoms with E-state index < -0.39 is 5.82 Å². The number of halogens is 2. The zero-order chi connectivity index (χ0) is 14.7. The lowest BCUT2D eigenvalue weighted by atomic mass is 10.1. The second kappa shape index (κ2) is 7.09. The molecule has 3 N–H and O–H groups in total. The van der Waals surface area contributed by atoms with E-state index >= 15 is 0 Å². The first-order chi connectivity index (χ1) is 9.52. The molecule has 7 nitrogen and oxygen atoms in total. The maximum absolute atomic E-state index is 13.8. The Morgan fingerprint density at radius 3 is 2.81 bits per heavy atom. The van der Waals surface area contributed by atoms with Gasteiger partial charge in [0.2, 0.25) is 5.91 Å². The number of rotatable bonds is 4. The summed E-state index contributed by atoms with van der Waals surface area (Å²) in [5.41, 5.74) is 6.06. The van der Waals surface area contributed by atoms with E-state index in [1.807, 2.05) is 0 Å². The number of benzene rings is 1. The number of carbonyl (C=O) groups is 1. The summed E-state index contributed by atoms with van der Waals surface area (Å²) in [4.78, 5) is 11.8. The highest BCUT2D eigenvalue weighted by Crippen LogP contribution is 2.19. The van der Waals surface area contributed by atoms with Crippen LogP contribution in [0.15, 0.2) is 18.2 Å². The van der Waals surface area contributed by atoms with Gasteiger partial charge in [-0.2, -0.15) is 4.68 Å². The number of nitrogens with one attached hydrogen (secondary N) is 1. The third kappa shape index (κ3) is 3.73. The molecule has 1 aromatic carbocycles. The second-order valence-corrected chi connectivity index (χ2v) is 4.43. The van der Waals surface area contributed by atoms with Crippen molar-refractivity contribution in [2.45, 2.75) is 13.8 Å². The van der Waals surface area contributed by atoms with Gasteiger partial charge in [0.1, 0.15) is 11.5 Å². The predicted octanol–water partition coefficient (Wildman–Crippen LogP) is 1.06. The van der Waals surface area contributed by atoms with Crippen LogP contribution in [-0.2, 0) is 4.79 Å². The minimum atomic E-state index is -0.481. The monoisotopic (exact) mass is 314 g/mol. The molecule has 9 heteroatoms. The fraction of sp³-hybridized carbons (Fsp3) is 0.333. The number of aromatic nitrogens is 4. The molecule has 0 saturated carbocycles. The van der Waals surface area contributed by atoms with E-state index in [0.29, 0.717) is 11.5 Å². The van der Waals surface area contributed by atoms with Crippen molar-refractivity contribution in [2.75, 3.05) is 11.9 Å². The molecule has 0 radical (unpaired) electrons. The van der Waals surface area contributed by atoms with Crippen molar-refractivity contribution in [2.24, 2.45) is 11.7 Å². The van der Waals surface area contributed by atoms with E-state index in [1.54, 1.807) is 13.8 Å². The molecule has 1 amide bonds. The van der Waals surface area contributed by atoms with Crippen LogP contribution in [0.3, 0.4) is 0 Å². The molecule has 1 heterocycles. The van der Waals surface area contributed by atoms with Crippen LogP contribution in [-0.4, -0.2) is 32.7 Å². The van der Waals surface area contributed by atoms with Crippen molar-refractivity contribution in [1.29, 1.82) is 0 Å². The topological polar surface area (TPSA) is 98.7 Å². The molecular formula is C12H16ClFN6O. The number of nitrogens with two attached hydrogens (primary N) is 1. The first-order valence-electron chi connectivity index (χ1n) is 6.08. The maximum Gasteiger partial charge on any atom is 0.228 e. The summed E-state index contributed by atoms with van der Waals surface area (Å²) < 4.78 is 15.1. The Kier molecular flexibility index (Phi) is 5.74. The molecule has 1 atom stereocenters. The third-order valence-corrected chi connectivity index (χ3v) is 2.87. The molecule has 0 aliphatic heterocycles. The van der Waals surface area contributed by atoms with Crippen molar-refractivity contribution in [3.63, 3.8) is 0 Å². The SMILES string of the molecule is Cc1nnnn1-c1cc(NC(=O)C(C)CN)ccc1F.Cl. The molecule has 1 unspecified atom stereocenters. The molecule has 0 fully saturated rings. The number of anilines is 1. The molecule has 0 aliphatic rings. The maximum atomic E-state index is 13.8. The highest BCUT2D eigenvalue weighted by molar-refractivity contribution is 5.92. The van der Waals surface area contributed by atoms with Crippen LogP contribution in [0.2, 0.25) is 0 Å². The average Bonchev–Trinajstić information content (AvgIpc) is 2.86. The Balaban J connectivity index is 0.00000220. The Bertz CT molecular complexity index is 632. The standard InChI is InChI=1S/C12H15FN6O.ClH/c1-7(6-14)12(20)15-9-3-4-10(13)11(5-9)19-8(2)16-17-18-19;/h3-5,7H,6,14H2,1-2H3,(H,15,20);1H. The molecule has 21 heavy (non-hydrogen) atoms. The van der Waals surface area contributed by atoms with Crippen LogP contribution in [0, 0.1) is 18.7 Å². The van der Waals surface area contributed by atoms with E-state index in [-0.39, 0.29) is 36.5 Å². The number of hydrogen-bond acceptors (Lipinski definition) is 5. The van der Waals surface area contributed by atoms with Crippen LogP contribution in [0.4, 0.5) is 10.1 Å². The molecular weight excluding hydrogens is 299 g/mol. The first-order valence-corrected chi connectivity index (χ1v) is 6.08. The van der Waals surface area contributed by atoms with E-state index in [0.717, 1.165) is 0 Å². The minimum absolute atomic E-state index is 0. The van der Waals surface area contributed by atoms with Crippen molar-refractivity contribution >= 4 is 24.0 Å². The van der Waals surface area contributed by atoms with Gasteiger partial charge in [-0.05, 0) is 35.5 Å². The first kappa shape index (κ1) is 17.0. The Hall–Kier alpha value is -2.06. The number of amides is 1. The quantitative estimate of drug-likeness (QED) is 0.879. The van der Waals surface area contributed by atoms with E-state index in [1.165, 1.54) is 22.9 Å². The van der Waals surface area contributed by atoms with E-state index in [9.17, 15) is 9.18 Å². The van der Waals surface area contributed by atoms with Gasteiger partial charge in [0, 0.05) is 18.2 Å². The summed E-state index contributed by atoms with van der Waals surface area (Å²) in [6.45, 7) is 3.61. The van der Waals surface area contributed by atoms with Gasteiger partial charge < -0.3 is 11.1 Å². The van der Waals surface area contributed by atoms with Crippen molar-refractivity contribution in [3.05, 3.63) is 29.8 Å². The zero-order valence-electron chi connectivity index (χ0n) is 11.6. The lowest BCUT2D eigenvalue weighted by Gasteiger charge is -2.11. The average molecular weight is 315 g/mol. The van der Waals surface area contributed by atoms with Crippen LogP contribution in [0.1, 0.15) is 12.7 Å². The fourth-order valence-corrected chi connectivity index (χ4v) is 1.58. The van der Waals surface area contributed by atoms with Crippen LogP contribution in [0.5, 0.6) is 0 Å². The molecule has 0 saturated heterocycles. The molecule has 0 bridgehead atoms. The molecule has 2 aromatic rings. The van der Waals surface area contributed by atoms with Gasteiger partial charge in [-0.15, -0.1) is 17.5 Å². The number of hydrogen-bond donors (Lipinski definition) is 2. The van der Waals surface area contributed by atoms with Gasteiger partial charge in [-0.3, -0.25) is 4.79 Å². The summed E-state index contributed by atoms with van der Waals surface area (Å²) in [6, 6.07) is 4.19. The van der Waals surface area contributed by atoms with Crippen LogP contribution >= 0.6 is 12.4 Å². The van der Waals surface area contributed by atoms with Crippen molar-refractivity contribution < 1.29 is 9.18 Å². The van der Waals surface area contributed by atoms with Gasteiger partial charge in [-0.1, -0.05) is 6.92 Å². The lowest BCUT2D eigenvalue weighted by Crippen LogP contribution is -2.26. The zero-order valence-corrected chi connectivity index (χ0v) is 12.4. The Morgan fingerprint density at radius 1 is 1.52 bits per heavy atom. The normalized spacial score (nSPS) is 11.6. The lowest BCUT2D eigenvalue weighted by molar-refractivity contribution is -0.119. The molecule has 2 rings (SSSR count). The van der Waals surface area contributed by atoms with Gasteiger partial charge in [0.15, 0.2) is 5.82 Å². The van der Waals surface area contributed by atoms with E-state index in [4.69, 9.17) is 5.73 Å². The molecule has 0 aliphatic carbocycles. The number of nitrogens with zero attached hydrogens (tertiary/aromatic N) is 4. The summed E-state index contributed by atoms with van der Waals surface area (Å²) >= 11 is 0. The minimum Gasteiger partial charge on any atom is -0.330 e. The summed E-state index contributed by atoms with van der Waals surface area (Å²) in [5.74, 6) is -0.579. The van der Waals surface area contributed by atoms with Gasteiger partial charge in [-0.25, -0.2) is 4.39 Å². The molecule has 1 aromatic heterocycles. The summed E-state index contributed by atoms with van der Waals surface area (Å²) in [6.07, 6.45) is 0. The van der Waals surface area contributed by atoms with Gasteiger partial charge >= 0.3 is 0 Å². The third-order valence-electron chi connectivity index (χ3n) is 2.87. The number of carbonyl (C=O) groups excluding carboxylic acids is 1. The second-order valence-electron chi connectivity index (χ2n) is 4.43. The molecule has 0 spiro atoms. The largest absolute Gasteiger partial charge is 0.330 e. The van der Waals surface area contributed by atoms with Gasteiger partial charge in [0.25, 0.3) is 0 Å². The van der Waals surface area contributed by atoms with Crippen molar-refractivity contribution in [3.8, 4) is 5.69 Å². The number of tetrazole rings is 1. The Morgan fingerprint density at radius 2 is 2.24 bits per heavy atom. The van der Waals surface area contributed by atoms with Gasteiger partial charge in [0.05, 0.1) is 0 Å². The van der Waals surface area contributed by atoms with Crippen molar-refractivity contribution in [1.82, 2.24) is 20.2 Å². The summed E-state index contributed by atoms with van der Waals surface area (Å²) in [7, 11) is 0.